The fourth-order valence-corrected chi connectivity index (χ4v) is 3.77. The molecule has 1 aromatic carbocycles. The van der Waals surface area contributed by atoms with Gasteiger partial charge in [0.25, 0.3) is 0 Å². The van der Waals surface area contributed by atoms with Crippen LogP contribution in [-0.2, 0) is 16.0 Å². The molecule has 0 amide bonds. The third-order valence-corrected chi connectivity index (χ3v) is 5.46. The van der Waals surface area contributed by atoms with Crippen LogP contribution in [0.5, 0.6) is 0 Å². The molecule has 1 aromatic rings. The van der Waals surface area contributed by atoms with Gasteiger partial charge in [0.1, 0.15) is 6.10 Å². The number of carbonyl (C=O) groups is 1. The maximum Gasteiger partial charge on any atom is 0.313 e. The number of rotatable bonds is 14. The lowest BCUT2D eigenvalue weighted by molar-refractivity contribution is -0.187. The Morgan fingerprint density at radius 2 is 1.58 bits per heavy atom. The lowest BCUT2D eigenvalue weighted by atomic mass is 9.86. The van der Waals surface area contributed by atoms with Gasteiger partial charge in [-0.3, -0.25) is 4.79 Å². The summed E-state index contributed by atoms with van der Waals surface area (Å²) < 4.78 is 5.29. The van der Waals surface area contributed by atoms with E-state index >= 15 is 0 Å². The van der Waals surface area contributed by atoms with Gasteiger partial charge >= 0.3 is 5.97 Å². The summed E-state index contributed by atoms with van der Waals surface area (Å²) in [6.07, 6.45) is 13.3. The molecule has 3 nitrogen and oxygen atoms in total. The molecule has 26 heavy (non-hydrogen) atoms. The summed E-state index contributed by atoms with van der Waals surface area (Å²) in [6.45, 7) is 2.25. The van der Waals surface area contributed by atoms with Crippen LogP contribution in [0.4, 0.5) is 0 Å². The van der Waals surface area contributed by atoms with Crippen molar-refractivity contribution in [2.75, 3.05) is 0 Å². The van der Waals surface area contributed by atoms with Crippen LogP contribution in [0.3, 0.4) is 0 Å². The van der Waals surface area contributed by atoms with E-state index in [2.05, 4.69) is 6.92 Å². The number of benzene rings is 1. The second-order valence-corrected chi connectivity index (χ2v) is 7.78. The zero-order chi connectivity index (χ0) is 18.6. The first-order valence-corrected chi connectivity index (χ1v) is 10.6. The van der Waals surface area contributed by atoms with Crippen molar-refractivity contribution in [3.63, 3.8) is 0 Å². The molecule has 146 valence electrons. The molecule has 1 N–H and O–H groups in total. The van der Waals surface area contributed by atoms with Crippen LogP contribution in [0.2, 0.25) is 0 Å². The molecule has 1 fully saturated rings. The third kappa shape index (κ3) is 7.49. The number of ether oxygens (including phenoxy) is 1. The molecular weight excluding hydrogens is 324 g/mol. The summed E-state index contributed by atoms with van der Waals surface area (Å²) in [4.78, 5) is 11.7. The first-order valence-electron chi connectivity index (χ1n) is 10.6. The molecule has 1 aliphatic rings. The number of unbranched alkanes of at least 4 members (excludes halogenated alkanes) is 8. The standard InChI is InChI=1S/C23H36O3/c1-2-3-4-5-6-7-8-9-13-16-20(24)18-22-21(23(25)26-22)17-19-14-11-10-12-15-19/h10-12,14-15,20-22,24H,2-9,13,16-18H2,1H3/t20-,21+,22+/m1/s1. The number of carbonyl (C=O) groups excluding carboxylic acids is 1. The van der Waals surface area contributed by atoms with Crippen LogP contribution in [0.25, 0.3) is 0 Å². The molecule has 1 saturated heterocycles. The predicted octanol–water partition coefficient (Wildman–Crippen LogP) is 5.44. The zero-order valence-corrected chi connectivity index (χ0v) is 16.4. The van der Waals surface area contributed by atoms with Crippen LogP contribution in [0.15, 0.2) is 30.3 Å². The van der Waals surface area contributed by atoms with Crippen LogP contribution in [0.1, 0.15) is 83.1 Å². The molecule has 0 radical (unpaired) electrons. The summed E-state index contributed by atoms with van der Waals surface area (Å²) in [6, 6.07) is 10.1. The Bertz CT molecular complexity index is 499. The smallest absolute Gasteiger partial charge is 0.313 e. The van der Waals surface area contributed by atoms with Gasteiger partial charge in [0.2, 0.25) is 0 Å². The fourth-order valence-electron chi connectivity index (χ4n) is 3.77. The van der Waals surface area contributed by atoms with Crippen molar-refractivity contribution in [2.45, 2.75) is 96.2 Å². The topological polar surface area (TPSA) is 46.5 Å². The van der Waals surface area contributed by atoms with E-state index < -0.39 is 0 Å². The molecule has 0 aromatic heterocycles. The van der Waals surface area contributed by atoms with E-state index in [0.717, 1.165) is 24.8 Å². The van der Waals surface area contributed by atoms with Gasteiger partial charge in [-0.15, -0.1) is 0 Å². The summed E-state index contributed by atoms with van der Waals surface area (Å²) in [5.74, 6) is -0.204. The van der Waals surface area contributed by atoms with Crippen molar-refractivity contribution in [3.05, 3.63) is 35.9 Å². The molecule has 3 heteroatoms. The van der Waals surface area contributed by atoms with Gasteiger partial charge in [-0.25, -0.2) is 0 Å². The number of cyclic esters (lactones) is 1. The Kier molecular flexibility index (Phi) is 9.76. The van der Waals surface area contributed by atoms with Gasteiger partial charge in [0.05, 0.1) is 12.0 Å². The molecule has 0 spiro atoms. The minimum Gasteiger partial charge on any atom is -0.461 e. The second kappa shape index (κ2) is 12.1. The average Bonchev–Trinajstić information content (AvgIpc) is 2.65. The molecule has 3 atom stereocenters. The van der Waals surface area contributed by atoms with Gasteiger partial charge < -0.3 is 9.84 Å². The van der Waals surface area contributed by atoms with E-state index in [1.54, 1.807) is 0 Å². The van der Waals surface area contributed by atoms with Crippen LogP contribution in [-0.4, -0.2) is 23.3 Å². The summed E-state index contributed by atoms with van der Waals surface area (Å²) >= 11 is 0. The number of aliphatic hydroxyl groups excluding tert-OH is 1. The minimum absolute atomic E-state index is 0.0878. The lowest BCUT2D eigenvalue weighted by Crippen LogP contribution is -2.47. The molecule has 1 aliphatic heterocycles. The van der Waals surface area contributed by atoms with Crippen molar-refractivity contribution in [1.82, 2.24) is 0 Å². The summed E-state index contributed by atoms with van der Waals surface area (Å²) in [5.41, 5.74) is 1.16. The number of esters is 1. The number of hydrogen-bond acceptors (Lipinski definition) is 3. The van der Waals surface area contributed by atoms with E-state index in [4.69, 9.17) is 4.74 Å². The Labute approximate surface area is 159 Å². The van der Waals surface area contributed by atoms with Gasteiger partial charge in [0, 0.05) is 6.42 Å². The van der Waals surface area contributed by atoms with Gasteiger partial charge in [-0.05, 0) is 18.4 Å². The van der Waals surface area contributed by atoms with E-state index in [1.165, 1.54) is 51.4 Å². The number of aliphatic hydroxyl groups is 1. The predicted molar refractivity (Wildman–Crippen MR) is 106 cm³/mol. The Morgan fingerprint density at radius 1 is 0.962 bits per heavy atom. The van der Waals surface area contributed by atoms with Gasteiger partial charge in [-0.2, -0.15) is 0 Å². The highest BCUT2D eigenvalue weighted by Crippen LogP contribution is 2.30. The fraction of sp³-hybridized carbons (Fsp3) is 0.696. The summed E-state index contributed by atoms with van der Waals surface area (Å²) in [5, 5.41) is 10.3. The molecular formula is C23H36O3. The maximum absolute atomic E-state index is 11.7. The van der Waals surface area contributed by atoms with Crippen LogP contribution >= 0.6 is 0 Å². The molecule has 0 saturated carbocycles. The van der Waals surface area contributed by atoms with Crippen molar-refractivity contribution in [1.29, 1.82) is 0 Å². The van der Waals surface area contributed by atoms with E-state index in [1.807, 2.05) is 30.3 Å². The first-order chi connectivity index (χ1) is 12.7. The van der Waals surface area contributed by atoms with E-state index in [0.29, 0.717) is 6.42 Å². The van der Waals surface area contributed by atoms with Crippen LogP contribution < -0.4 is 0 Å². The van der Waals surface area contributed by atoms with Crippen molar-refractivity contribution >= 4 is 5.97 Å². The lowest BCUT2D eigenvalue weighted by Gasteiger charge is -2.36. The van der Waals surface area contributed by atoms with Crippen molar-refractivity contribution < 1.29 is 14.6 Å². The van der Waals surface area contributed by atoms with E-state index in [-0.39, 0.29) is 24.1 Å². The third-order valence-electron chi connectivity index (χ3n) is 5.46. The summed E-state index contributed by atoms with van der Waals surface area (Å²) in [7, 11) is 0. The van der Waals surface area contributed by atoms with Crippen molar-refractivity contribution in [2.24, 2.45) is 5.92 Å². The first kappa shape index (κ1) is 21.0. The van der Waals surface area contributed by atoms with Crippen LogP contribution in [0, 0.1) is 5.92 Å². The molecule has 0 unspecified atom stereocenters. The van der Waals surface area contributed by atoms with Gasteiger partial charge in [-0.1, -0.05) is 95.0 Å². The highest BCUT2D eigenvalue weighted by atomic mass is 16.6. The van der Waals surface area contributed by atoms with Gasteiger partial charge in [0.15, 0.2) is 0 Å². The highest BCUT2D eigenvalue weighted by molar-refractivity contribution is 5.78. The molecule has 1 heterocycles. The normalized spacial score (nSPS) is 20.5. The minimum atomic E-state index is -0.351. The molecule has 0 bridgehead atoms. The quantitative estimate of drug-likeness (QED) is 0.355. The Hall–Kier alpha value is -1.35. The number of hydrogen-bond donors (Lipinski definition) is 1. The zero-order valence-electron chi connectivity index (χ0n) is 16.4. The Morgan fingerprint density at radius 3 is 2.19 bits per heavy atom. The van der Waals surface area contributed by atoms with E-state index in [9.17, 15) is 9.90 Å². The highest BCUT2D eigenvalue weighted by Gasteiger charge is 2.42. The maximum atomic E-state index is 11.7. The molecule has 0 aliphatic carbocycles. The van der Waals surface area contributed by atoms with Crippen molar-refractivity contribution in [3.8, 4) is 0 Å². The Balaban J connectivity index is 1.53. The largest absolute Gasteiger partial charge is 0.461 e. The molecule has 2 rings (SSSR count). The second-order valence-electron chi connectivity index (χ2n) is 7.78. The average molecular weight is 361 g/mol. The monoisotopic (exact) mass is 360 g/mol. The SMILES string of the molecule is CCCCCCCCCCC[C@@H](O)C[C@@H]1OC(=O)[C@H]1Cc1ccccc1.